The lowest BCUT2D eigenvalue weighted by Gasteiger charge is -1.98. The first-order chi connectivity index (χ1) is 7.33. The van der Waals surface area contributed by atoms with Gasteiger partial charge in [-0.25, -0.2) is 4.98 Å². The van der Waals surface area contributed by atoms with Crippen molar-refractivity contribution in [2.45, 2.75) is 13.3 Å². The van der Waals surface area contributed by atoms with Crippen molar-refractivity contribution in [3.63, 3.8) is 0 Å². The molecule has 1 aromatic carbocycles. The topological polar surface area (TPSA) is 30.0 Å². The zero-order chi connectivity index (χ0) is 10.7. The fourth-order valence-electron chi connectivity index (χ4n) is 1.36. The Kier molecular flexibility index (Phi) is 2.92. The van der Waals surface area contributed by atoms with E-state index in [0.717, 1.165) is 23.3 Å². The number of carbonyl (C=O) groups excluding carboxylic acids is 1. The number of carbonyl (C=O) groups is 1. The van der Waals surface area contributed by atoms with Gasteiger partial charge in [0, 0.05) is 11.8 Å². The van der Waals surface area contributed by atoms with Crippen LogP contribution in [0.1, 0.15) is 22.2 Å². The summed E-state index contributed by atoms with van der Waals surface area (Å²) in [6.45, 7) is 2.13. The maximum absolute atomic E-state index is 10.5. The van der Waals surface area contributed by atoms with Gasteiger partial charge in [0.25, 0.3) is 0 Å². The molecule has 1 aromatic heterocycles. The molecule has 0 aliphatic rings. The van der Waals surface area contributed by atoms with Crippen LogP contribution in [-0.4, -0.2) is 11.3 Å². The zero-order valence-electron chi connectivity index (χ0n) is 8.43. The van der Waals surface area contributed by atoms with Crippen LogP contribution in [0, 0.1) is 0 Å². The van der Waals surface area contributed by atoms with Gasteiger partial charge in [-0.05, 0) is 12.0 Å². The van der Waals surface area contributed by atoms with Crippen molar-refractivity contribution < 1.29 is 4.79 Å². The van der Waals surface area contributed by atoms with E-state index in [1.165, 1.54) is 16.9 Å². The van der Waals surface area contributed by atoms with Gasteiger partial charge in [0.15, 0.2) is 6.29 Å². The molecule has 2 aromatic rings. The largest absolute Gasteiger partial charge is 0.297 e. The predicted molar refractivity (Wildman–Crippen MR) is 62.3 cm³/mol. The third-order valence-electron chi connectivity index (χ3n) is 2.25. The van der Waals surface area contributed by atoms with Gasteiger partial charge in [0.1, 0.15) is 5.01 Å². The van der Waals surface area contributed by atoms with Crippen LogP contribution in [0.25, 0.3) is 10.6 Å². The molecule has 0 radical (unpaired) electrons. The van der Waals surface area contributed by atoms with Gasteiger partial charge in [-0.15, -0.1) is 11.3 Å². The fraction of sp³-hybridized carbons (Fsp3) is 0.167. The second kappa shape index (κ2) is 4.36. The molecule has 0 N–H and O–H groups in total. The lowest BCUT2D eigenvalue weighted by molar-refractivity contribution is 0.112. The lowest BCUT2D eigenvalue weighted by Crippen LogP contribution is -1.79. The second-order valence-electron chi connectivity index (χ2n) is 3.24. The van der Waals surface area contributed by atoms with E-state index in [1.54, 1.807) is 6.20 Å². The van der Waals surface area contributed by atoms with Gasteiger partial charge < -0.3 is 0 Å². The van der Waals surface area contributed by atoms with Crippen LogP contribution in [0.4, 0.5) is 0 Å². The summed E-state index contributed by atoms with van der Waals surface area (Å²) in [5.41, 5.74) is 2.39. The van der Waals surface area contributed by atoms with Crippen LogP contribution in [0.2, 0.25) is 0 Å². The SMILES string of the molecule is CCc1ccc(-c2ncc(C=O)s2)cc1. The molecule has 2 nitrogen and oxygen atoms in total. The van der Waals surface area contributed by atoms with Crippen LogP contribution >= 0.6 is 11.3 Å². The standard InChI is InChI=1S/C12H11NOS/c1-2-9-3-5-10(6-4-9)12-13-7-11(8-14)15-12/h3-8H,2H2,1H3. The molecular formula is C12H11NOS. The zero-order valence-corrected chi connectivity index (χ0v) is 9.25. The Morgan fingerprint density at radius 1 is 1.33 bits per heavy atom. The van der Waals surface area contributed by atoms with Crippen LogP contribution in [0.3, 0.4) is 0 Å². The smallest absolute Gasteiger partial charge is 0.161 e. The molecule has 0 bridgehead atoms. The van der Waals surface area contributed by atoms with E-state index in [9.17, 15) is 4.79 Å². The highest BCUT2D eigenvalue weighted by Crippen LogP contribution is 2.24. The highest BCUT2D eigenvalue weighted by Gasteiger charge is 2.03. The molecule has 0 fully saturated rings. The molecule has 76 valence electrons. The van der Waals surface area contributed by atoms with E-state index < -0.39 is 0 Å². The van der Waals surface area contributed by atoms with Crippen molar-refractivity contribution in [3.05, 3.63) is 40.9 Å². The second-order valence-corrected chi connectivity index (χ2v) is 4.30. The quantitative estimate of drug-likeness (QED) is 0.739. The number of thiazole rings is 1. The summed E-state index contributed by atoms with van der Waals surface area (Å²) in [5, 5.41) is 0.903. The maximum atomic E-state index is 10.5. The van der Waals surface area contributed by atoms with Crippen molar-refractivity contribution in [1.29, 1.82) is 0 Å². The van der Waals surface area contributed by atoms with Gasteiger partial charge in [-0.1, -0.05) is 31.2 Å². The molecule has 2 rings (SSSR count). The third kappa shape index (κ3) is 2.13. The first kappa shape index (κ1) is 10.1. The van der Waals surface area contributed by atoms with E-state index in [2.05, 4.69) is 24.0 Å². The summed E-state index contributed by atoms with van der Waals surface area (Å²) in [4.78, 5) is 15.4. The van der Waals surface area contributed by atoms with Crippen molar-refractivity contribution >= 4 is 17.6 Å². The van der Waals surface area contributed by atoms with Gasteiger partial charge >= 0.3 is 0 Å². The molecule has 15 heavy (non-hydrogen) atoms. The number of nitrogens with zero attached hydrogens (tertiary/aromatic N) is 1. The Morgan fingerprint density at radius 2 is 2.07 bits per heavy atom. The highest BCUT2D eigenvalue weighted by atomic mass is 32.1. The molecule has 1 heterocycles. The number of hydrogen-bond donors (Lipinski definition) is 0. The fourth-order valence-corrected chi connectivity index (χ4v) is 2.09. The van der Waals surface area contributed by atoms with Crippen LogP contribution in [0.15, 0.2) is 30.5 Å². The van der Waals surface area contributed by atoms with Crippen molar-refractivity contribution in [2.24, 2.45) is 0 Å². The molecule has 0 amide bonds. The van der Waals surface area contributed by atoms with Crippen LogP contribution in [-0.2, 0) is 6.42 Å². The number of benzene rings is 1. The van der Waals surface area contributed by atoms with Crippen molar-refractivity contribution in [2.75, 3.05) is 0 Å². The van der Waals surface area contributed by atoms with Gasteiger partial charge in [-0.2, -0.15) is 0 Å². The summed E-state index contributed by atoms with van der Waals surface area (Å²) in [7, 11) is 0. The monoisotopic (exact) mass is 217 g/mol. The summed E-state index contributed by atoms with van der Waals surface area (Å²) in [6.07, 6.45) is 3.49. The summed E-state index contributed by atoms with van der Waals surface area (Å²) in [5.74, 6) is 0. The summed E-state index contributed by atoms with van der Waals surface area (Å²) < 4.78 is 0. The number of aldehydes is 1. The first-order valence-electron chi connectivity index (χ1n) is 4.84. The van der Waals surface area contributed by atoms with Crippen LogP contribution in [0.5, 0.6) is 0 Å². The Balaban J connectivity index is 2.32. The Morgan fingerprint density at radius 3 is 2.60 bits per heavy atom. The minimum atomic E-state index is 0.671. The maximum Gasteiger partial charge on any atom is 0.161 e. The molecule has 0 unspecified atom stereocenters. The summed E-state index contributed by atoms with van der Waals surface area (Å²) >= 11 is 1.42. The number of hydrogen-bond acceptors (Lipinski definition) is 3. The van der Waals surface area contributed by atoms with E-state index in [-0.39, 0.29) is 0 Å². The average Bonchev–Trinajstić information content (AvgIpc) is 2.78. The van der Waals surface area contributed by atoms with Gasteiger partial charge in [0.05, 0.1) is 4.88 Å². The minimum Gasteiger partial charge on any atom is -0.297 e. The third-order valence-corrected chi connectivity index (χ3v) is 3.22. The molecular weight excluding hydrogens is 206 g/mol. The molecule has 0 atom stereocenters. The number of rotatable bonds is 3. The Hall–Kier alpha value is -1.48. The normalized spacial score (nSPS) is 10.2. The van der Waals surface area contributed by atoms with Gasteiger partial charge in [0.2, 0.25) is 0 Å². The molecule has 0 saturated carbocycles. The van der Waals surface area contributed by atoms with Crippen LogP contribution < -0.4 is 0 Å². The van der Waals surface area contributed by atoms with E-state index in [0.29, 0.717) is 4.88 Å². The summed E-state index contributed by atoms with van der Waals surface area (Å²) in [6, 6.07) is 8.28. The van der Waals surface area contributed by atoms with Crippen molar-refractivity contribution in [1.82, 2.24) is 4.98 Å². The predicted octanol–water partition coefficient (Wildman–Crippen LogP) is 3.19. The first-order valence-corrected chi connectivity index (χ1v) is 5.65. The Bertz CT molecular complexity index is 459. The average molecular weight is 217 g/mol. The van der Waals surface area contributed by atoms with E-state index in [4.69, 9.17) is 0 Å². The molecule has 0 spiro atoms. The minimum absolute atomic E-state index is 0.671. The van der Waals surface area contributed by atoms with Gasteiger partial charge in [-0.3, -0.25) is 4.79 Å². The molecule has 0 aliphatic heterocycles. The number of aromatic nitrogens is 1. The van der Waals surface area contributed by atoms with E-state index in [1.807, 2.05) is 12.1 Å². The molecule has 0 aliphatic carbocycles. The lowest BCUT2D eigenvalue weighted by atomic mass is 10.1. The highest BCUT2D eigenvalue weighted by molar-refractivity contribution is 7.16. The molecule has 0 saturated heterocycles. The number of aryl methyl sites for hydroxylation is 1. The van der Waals surface area contributed by atoms with E-state index >= 15 is 0 Å². The Labute approximate surface area is 92.6 Å². The van der Waals surface area contributed by atoms with Crippen molar-refractivity contribution in [3.8, 4) is 10.6 Å². The molecule has 3 heteroatoms.